The van der Waals surface area contributed by atoms with Crippen LogP contribution in [-0.4, -0.2) is 23.7 Å². The van der Waals surface area contributed by atoms with Gasteiger partial charge in [-0.2, -0.15) is 0 Å². The minimum absolute atomic E-state index is 0.698. The second-order valence-corrected chi connectivity index (χ2v) is 14.6. The van der Waals surface area contributed by atoms with Crippen LogP contribution in [0.2, 0.25) is 0 Å². The first-order valence-electron chi connectivity index (χ1n) is 19.3. The van der Waals surface area contributed by atoms with E-state index in [9.17, 15) is 0 Å². The monoisotopic (exact) mass is 727 g/mol. The number of benzene rings is 8. The molecule has 4 heterocycles. The average Bonchev–Trinajstić information content (AvgIpc) is 3.92. The van der Waals surface area contributed by atoms with Gasteiger partial charge in [-0.1, -0.05) is 133 Å². The van der Waals surface area contributed by atoms with Crippen LogP contribution in [0.25, 0.3) is 105 Å². The molecule has 0 unspecified atom stereocenters. The molecule has 5 heteroatoms. The molecule has 0 N–H and O–H groups in total. The van der Waals surface area contributed by atoms with E-state index in [1.165, 1.54) is 32.6 Å². The van der Waals surface area contributed by atoms with Crippen molar-refractivity contribution in [1.82, 2.24) is 23.7 Å². The van der Waals surface area contributed by atoms with Crippen LogP contribution in [0.15, 0.2) is 200 Å². The fraction of sp³-hybridized carbons (Fsp3) is 0. The SMILES string of the molecule is c1ccc(-c2nc(-c3ccccc3)c3c4cc(-n5c6ccccc6c6cc(-n7c8ccccc8c8ccccc87)ccc65)ccc4n(-c4ccccc4)c3n2)cc1. The van der Waals surface area contributed by atoms with E-state index >= 15 is 0 Å². The van der Waals surface area contributed by atoms with Crippen molar-refractivity contribution in [2.24, 2.45) is 0 Å². The molecule has 0 aliphatic carbocycles. The quantitative estimate of drug-likeness (QED) is 0.177. The highest BCUT2D eigenvalue weighted by molar-refractivity contribution is 6.16. The van der Waals surface area contributed by atoms with Crippen molar-refractivity contribution < 1.29 is 0 Å². The number of fused-ring (bicyclic) bond motifs is 9. The van der Waals surface area contributed by atoms with Gasteiger partial charge >= 0.3 is 0 Å². The van der Waals surface area contributed by atoms with E-state index in [-0.39, 0.29) is 0 Å². The highest BCUT2D eigenvalue weighted by atomic mass is 15.1. The van der Waals surface area contributed by atoms with Crippen LogP contribution >= 0.6 is 0 Å². The first-order chi connectivity index (χ1) is 28.3. The number of nitrogens with zero attached hydrogens (tertiary/aromatic N) is 5. The Morgan fingerprint density at radius 3 is 1.32 bits per heavy atom. The van der Waals surface area contributed by atoms with Crippen LogP contribution in [0, 0.1) is 0 Å². The summed E-state index contributed by atoms with van der Waals surface area (Å²) >= 11 is 0. The van der Waals surface area contributed by atoms with Crippen LogP contribution in [0.4, 0.5) is 0 Å². The molecule has 0 radical (unpaired) electrons. The highest BCUT2D eigenvalue weighted by Crippen LogP contribution is 2.41. The average molecular weight is 728 g/mol. The van der Waals surface area contributed by atoms with Crippen molar-refractivity contribution in [1.29, 1.82) is 0 Å². The third-order valence-corrected chi connectivity index (χ3v) is 11.4. The molecular weight excluding hydrogens is 695 g/mol. The van der Waals surface area contributed by atoms with Crippen LogP contribution in [0.5, 0.6) is 0 Å². The van der Waals surface area contributed by atoms with Gasteiger partial charge in [0.15, 0.2) is 5.82 Å². The lowest BCUT2D eigenvalue weighted by Gasteiger charge is -2.11. The summed E-state index contributed by atoms with van der Waals surface area (Å²) in [6.07, 6.45) is 0. The lowest BCUT2D eigenvalue weighted by molar-refractivity contribution is 1.11. The fourth-order valence-electron chi connectivity index (χ4n) is 8.97. The van der Waals surface area contributed by atoms with Crippen molar-refractivity contribution in [3.63, 3.8) is 0 Å². The molecular formula is C52H33N5. The number of hydrogen-bond acceptors (Lipinski definition) is 2. The Balaban J connectivity index is 1.15. The predicted molar refractivity (Wildman–Crippen MR) is 236 cm³/mol. The Morgan fingerprint density at radius 1 is 0.298 bits per heavy atom. The number of aromatic nitrogens is 5. The van der Waals surface area contributed by atoms with E-state index in [0.717, 1.165) is 66.9 Å². The van der Waals surface area contributed by atoms with Gasteiger partial charge in [0.1, 0.15) is 5.65 Å². The molecule has 0 bridgehead atoms. The largest absolute Gasteiger partial charge is 0.309 e. The molecule has 4 aromatic heterocycles. The zero-order valence-electron chi connectivity index (χ0n) is 30.8. The maximum atomic E-state index is 5.36. The molecule has 266 valence electrons. The second kappa shape index (κ2) is 12.4. The first kappa shape index (κ1) is 31.6. The van der Waals surface area contributed by atoms with E-state index in [1.807, 2.05) is 18.2 Å². The van der Waals surface area contributed by atoms with Gasteiger partial charge in [0.2, 0.25) is 0 Å². The summed E-state index contributed by atoms with van der Waals surface area (Å²) in [4.78, 5) is 10.7. The summed E-state index contributed by atoms with van der Waals surface area (Å²) in [5.74, 6) is 0.698. The molecule has 0 saturated heterocycles. The van der Waals surface area contributed by atoms with Crippen molar-refractivity contribution in [3.05, 3.63) is 200 Å². The second-order valence-electron chi connectivity index (χ2n) is 14.6. The van der Waals surface area contributed by atoms with Gasteiger partial charge in [-0.3, -0.25) is 4.57 Å². The molecule has 0 aliphatic heterocycles. The Labute approximate surface area is 328 Å². The maximum absolute atomic E-state index is 5.36. The standard InChI is InChI=1S/C52H33N5/c1-4-16-34(17-5-1)50-49-43-33-38(29-31-48(43)57(36-20-8-3-9-21-36)52(49)54-51(53-50)35-18-6-2-7-19-35)56-46-27-15-12-24-41(46)42-32-37(28-30-47(42)56)55-44-25-13-10-22-39(44)40-23-11-14-26-45(40)55/h1-33H. The molecule has 0 aliphatic rings. The van der Waals surface area contributed by atoms with Crippen molar-refractivity contribution in [3.8, 4) is 39.7 Å². The van der Waals surface area contributed by atoms with Crippen molar-refractivity contribution >= 4 is 65.5 Å². The summed E-state index contributed by atoms with van der Waals surface area (Å²) in [5.41, 5.74) is 12.9. The Hall–Kier alpha value is -7.76. The summed E-state index contributed by atoms with van der Waals surface area (Å²) in [5, 5.41) is 7.05. The smallest absolute Gasteiger partial charge is 0.162 e. The highest BCUT2D eigenvalue weighted by Gasteiger charge is 2.23. The molecule has 57 heavy (non-hydrogen) atoms. The molecule has 8 aromatic carbocycles. The first-order valence-corrected chi connectivity index (χ1v) is 19.3. The zero-order chi connectivity index (χ0) is 37.5. The number of hydrogen-bond donors (Lipinski definition) is 0. The predicted octanol–water partition coefficient (Wildman–Crippen LogP) is 13.1. The lowest BCUT2D eigenvalue weighted by Crippen LogP contribution is -1.99. The van der Waals surface area contributed by atoms with E-state index in [0.29, 0.717) is 5.82 Å². The Morgan fingerprint density at radius 2 is 0.737 bits per heavy atom. The number of rotatable bonds is 5. The third kappa shape index (κ3) is 4.76. The van der Waals surface area contributed by atoms with Crippen molar-refractivity contribution in [2.45, 2.75) is 0 Å². The molecule has 0 spiro atoms. The minimum atomic E-state index is 0.698. The summed E-state index contributed by atoms with van der Waals surface area (Å²) in [6, 6.07) is 71.3. The zero-order valence-corrected chi connectivity index (χ0v) is 30.8. The molecule has 0 saturated carbocycles. The van der Waals surface area contributed by atoms with E-state index in [4.69, 9.17) is 9.97 Å². The van der Waals surface area contributed by atoms with Gasteiger partial charge in [0, 0.05) is 55.1 Å². The maximum Gasteiger partial charge on any atom is 0.162 e. The van der Waals surface area contributed by atoms with Gasteiger partial charge < -0.3 is 9.13 Å². The van der Waals surface area contributed by atoms with E-state index in [2.05, 4.69) is 196 Å². The molecule has 0 fully saturated rings. The third-order valence-electron chi connectivity index (χ3n) is 11.4. The molecule has 0 amide bonds. The normalized spacial score (nSPS) is 11.9. The summed E-state index contributed by atoms with van der Waals surface area (Å²) in [6.45, 7) is 0. The van der Waals surface area contributed by atoms with Gasteiger partial charge in [-0.25, -0.2) is 9.97 Å². The topological polar surface area (TPSA) is 40.6 Å². The van der Waals surface area contributed by atoms with E-state index < -0.39 is 0 Å². The molecule has 12 aromatic rings. The molecule has 5 nitrogen and oxygen atoms in total. The lowest BCUT2D eigenvalue weighted by atomic mass is 10.1. The molecule has 12 rings (SSSR count). The van der Waals surface area contributed by atoms with Crippen molar-refractivity contribution in [2.75, 3.05) is 0 Å². The molecule has 0 atom stereocenters. The van der Waals surface area contributed by atoms with E-state index in [1.54, 1.807) is 0 Å². The summed E-state index contributed by atoms with van der Waals surface area (Å²) in [7, 11) is 0. The Bertz CT molecular complexity index is 3450. The van der Waals surface area contributed by atoms with Crippen LogP contribution in [0.3, 0.4) is 0 Å². The van der Waals surface area contributed by atoms with Gasteiger partial charge in [-0.05, 0) is 66.7 Å². The number of para-hydroxylation sites is 4. The Kier molecular flexibility index (Phi) is 6.86. The summed E-state index contributed by atoms with van der Waals surface area (Å²) < 4.78 is 7.10. The van der Waals surface area contributed by atoms with Gasteiger partial charge in [0.25, 0.3) is 0 Å². The van der Waals surface area contributed by atoms with Crippen LogP contribution in [-0.2, 0) is 0 Å². The van der Waals surface area contributed by atoms with Gasteiger partial charge in [0.05, 0.1) is 38.7 Å². The minimum Gasteiger partial charge on any atom is -0.309 e. The van der Waals surface area contributed by atoms with Crippen LogP contribution in [0.1, 0.15) is 0 Å². The van der Waals surface area contributed by atoms with Crippen LogP contribution < -0.4 is 0 Å². The van der Waals surface area contributed by atoms with Gasteiger partial charge in [-0.15, -0.1) is 0 Å². The fourth-order valence-corrected chi connectivity index (χ4v) is 8.97.